The fourth-order valence-electron chi connectivity index (χ4n) is 4.89. The molecule has 186 valence electrons. The van der Waals surface area contributed by atoms with E-state index in [1.165, 1.54) is 6.20 Å². The number of halogens is 3. The molecule has 6 rings (SSSR count). The molecule has 1 aromatic carbocycles. The summed E-state index contributed by atoms with van der Waals surface area (Å²) in [6, 6.07) is 0. The van der Waals surface area contributed by atoms with Gasteiger partial charge in [-0.3, -0.25) is 19.7 Å². The Balaban J connectivity index is 1.35. The van der Waals surface area contributed by atoms with Crippen molar-refractivity contribution < 1.29 is 18.4 Å². The summed E-state index contributed by atoms with van der Waals surface area (Å²) in [6.45, 7) is 1.82. The number of carbonyl (C=O) groups excluding carboxylic acids is 2. The second-order valence-corrected chi connectivity index (χ2v) is 10.2. The molecule has 36 heavy (non-hydrogen) atoms. The molecule has 4 aromatic rings. The lowest BCUT2D eigenvalue weighted by atomic mass is 9.78. The Hall–Kier alpha value is -3.40. The maximum atomic E-state index is 15.7. The molecule has 3 heterocycles. The number of aromatic nitrogens is 5. The number of anilines is 1. The smallest absolute Gasteiger partial charge is 0.231 e. The van der Waals surface area contributed by atoms with Crippen molar-refractivity contribution in [2.24, 2.45) is 11.8 Å². The molecule has 2 fully saturated rings. The molecule has 0 bridgehead atoms. The third-order valence-corrected chi connectivity index (χ3v) is 7.64. The second-order valence-electron chi connectivity index (χ2n) is 9.79. The summed E-state index contributed by atoms with van der Waals surface area (Å²) in [6.07, 6.45) is 8.47. The van der Waals surface area contributed by atoms with Gasteiger partial charge in [-0.15, -0.1) is 0 Å². The Kier molecular flexibility index (Phi) is 5.51. The van der Waals surface area contributed by atoms with Crippen LogP contribution in [0.25, 0.3) is 27.8 Å². The van der Waals surface area contributed by atoms with Gasteiger partial charge in [-0.2, -0.15) is 5.10 Å². The van der Waals surface area contributed by atoms with Gasteiger partial charge in [0.2, 0.25) is 5.91 Å². The molecule has 0 saturated heterocycles. The molecular weight excluding hydrogens is 490 g/mol. The number of aromatic amines is 1. The summed E-state index contributed by atoms with van der Waals surface area (Å²) in [7, 11) is 0. The number of alkyl halides is 1. The summed E-state index contributed by atoms with van der Waals surface area (Å²) in [5, 5.41) is 10.1. The van der Waals surface area contributed by atoms with Crippen LogP contribution in [0.1, 0.15) is 50.5 Å². The minimum Gasteiger partial charge on any atom is -0.309 e. The van der Waals surface area contributed by atoms with Crippen LogP contribution in [0.4, 0.5) is 14.6 Å². The van der Waals surface area contributed by atoms with Crippen LogP contribution in [0.2, 0.25) is 5.02 Å². The molecular formula is C25H23ClF2N6O2. The Bertz CT molecular complexity index is 1530. The molecule has 0 radical (unpaired) electrons. The number of nitrogens with zero attached hydrogens (tertiary/aromatic N) is 4. The number of hydrogen-bond donors (Lipinski definition) is 2. The van der Waals surface area contributed by atoms with Crippen LogP contribution in [0.5, 0.6) is 0 Å². The van der Waals surface area contributed by atoms with Crippen molar-refractivity contribution >= 4 is 45.7 Å². The van der Waals surface area contributed by atoms with Gasteiger partial charge in [0.05, 0.1) is 40.7 Å². The van der Waals surface area contributed by atoms with Crippen molar-refractivity contribution in [1.82, 2.24) is 24.6 Å². The van der Waals surface area contributed by atoms with E-state index >= 15 is 4.39 Å². The average Bonchev–Trinajstić information content (AvgIpc) is 3.15. The predicted molar refractivity (Wildman–Crippen MR) is 130 cm³/mol. The Morgan fingerprint density at radius 2 is 2.08 bits per heavy atom. The number of H-pyrrole nitrogens is 1. The number of fused-ring (bicyclic) bond motifs is 2. The number of rotatable bonds is 7. The first-order valence-corrected chi connectivity index (χ1v) is 12.4. The quantitative estimate of drug-likeness (QED) is 0.353. The van der Waals surface area contributed by atoms with Gasteiger partial charge in [-0.05, 0) is 25.2 Å². The molecule has 2 aliphatic carbocycles. The van der Waals surface area contributed by atoms with Crippen LogP contribution in [0.15, 0.2) is 24.8 Å². The second kappa shape index (κ2) is 8.62. The van der Waals surface area contributed by atoms with Crippen LogP contribution >= 0.6 is 11.6 Å². The molecule has 1 unspecified atom stereocenters. The Morgan fingerprint density at radius 3 is 2.78 bits per heavy atom. The topological polar surface area (TPSA) is 105 Å². The van der Waals surface area contributed by atoms with E-state index in [2.05, 4.69) is 25.5 Å². The average molecular weight is 513 g/mol. The zero-order chi connectivity index (χ0) is 25.1. The molecule has 0 spiro atoms. The van der Waals surface area contributed by atoms with Crippen LogP contribution in [0.3, 0.4) is 0 Å². The molecule has 0 aliphatic heterocycles. The van der Waals surface area contributed by atoms with Crippen molar-refractivity contribution in [1.29, 1.82) is 0 Å². The third kappa shape index (κ3) is 3.84. The van der Waals surface area contributed by atoms with Gasteiger partial charge >= 0.3 is 0 Å². The van der Waals surface area contributed by atoms with Crippen LogP contribution in [-0.4, -0.2) is 42.4 Å². The van der Waals surface area contributed by atoms with Crippen molar-refractivity contribution in [3.8, 4) is 11.3 Å². The Labute approximate surface area is 209 Å². The highest BCUT2D eigenvalue weighted by Crippen LogP contribution is 2.42. The molecule has 2 N–H and O–H groups in total. The first-order valence-electron chi connectivity index (χ1n) is 12.0. The highest BCUT2D eigenvalue weighted by molar-refractivity contribution is 6.35. The largest absolute Gasteiger partial charge is 0.309 e. The minimum atomic E-state index is -1.10. The van der Waals surface area contributed by atoms with Crippen LogP contribution in [-0.2, 0) is 9.59 Å². The van der Waals surface area contributed by atoms with Crippen molar-refractivity contribution in [3.05, 3.63) is 41.2 Å². The number of ketones is 1. The van der Waals surface area contributed by atoms with E-state index in [-0.39, 0.29) is 41.3 Å². The van der Waals surface area contributed by atoms with Gasteiger partial charge < -0.3 is 9.72 Å². The molecule has 2 saturated carbocycles. The van der Waals surface area contributed by atoms with E-state index < -0.39 is 23.8 Å². The van der Waals surface area contributed by atoms with E-state index in [1.54, 1.807) is 23.0 Å². The van der Waals surface area contributed by atoms with E-state index in [4.69, 9.17) is 11.6 Å². The number of amides is 1. The van der Waals surface area contributed by atoms with E-state index in [1.807, 2.05) is 6.92 Å². The van der Waals surface area contributed by atoms with Crippen molar-refractivity contribution in [2.75, 3.05) is 5.32 Å². The van der Waals surface area contributed by atoms with Gasteiger partial charge in [-0.1, -0.05) is 24.9 Å². The highest BCUT2D eigenvalue weighted by atomic mass is 35.5. The van der Waals surface area contributed by atoms with Gasteiger partial charge in [0.25, 0.3) is 0 Å². The van der Waals surface area contributed by atoms with Gasteiger partial charge in [0.15, 0.2) is 11.5 Å². The number of imidazole rings is 1. The minimum absolute atomic E-state index is 0.0750. The summed E-state index contributed by atoms with van der Waals surface area (Å²) in [4.78, 5) is 33.3. The normalized spacial score (nSPS) is 20.4. The molecule has 8 nitrogen and oxygen atoms in total. The van der Waals surface area contributed by atoms with E-state index in [0.29, 0.717) is 33.4 Å². The van der Waals surface area contributed by atoms with Crippen molar-refractivity contribution in [2.45, 2.75) is 51.1 Å². The zero-order valence-electron chi connectivity index (χ0n) is 19.4. The predicted octanol–water partition coefficient (Wildman–Crippen LogP) is 5.22. The Morgan fingerprint density at radius 1 is 1.31 bits per heavy atom. The van der Waals surface area contributed by atoms with Gasteiger partial charge in [0.1, 0.15) is 17.8 Å². The fourth-order valence-corrected chi connectivity index (χ4v) is 5.19. The van der Waals surface area contributed by atoms with Gasteiger partial charge in [-0.25, -0.2) is 13.8 Å². The van der Waals surface area contributed by atoms with Gasteiger partial charge in [0, 0.05) is 35.0 Å². The number of nitrogens with one attached hydrogen (secondary N) is 2. The van der Waals surface area contributed by atoms with Crippen molar-refractivity contribution in [3.63, 3.8) is 0 Å². The first-order chi connectivity index (χ1) is 17.3. The maximum Gasteiger partial charge on any atom is 0.231 e. The van der Waals surface area contributed by atoms with Crippen LogP contribution in [0, 0.1) is 17.7 Å². The number of carbonyl (C=O) groups is 2. The summed E-state index contributed by atoms with van der Waals surface area (Å²) in [5.74, 6) is -1.54. The number of Topliss-reactive ketones (excluding diaryl/α,β-unsaturated/α-hetero) is 1. The molecule has 2 aliphatic rings. The summed E-state index contributed by atoms with van der Waals surface area (Å²) in [5.41, 5.74) is 2.00. The monoisotopic (exact) mass is 512 g/mol. The third-order valence-electron chi connectivity index (χ3n) is 7.29. The lowest BCUT2D eigenvalue weighted by Crippen LogP contribution is -2.23. The van der Waals surface area contributed by atoms with Crippen LogP contribution < -0.4 is 5.32 Å². The summed E-state index contributed by atoms with van der Waals surface area (Å²) < 4.78 is 30.5. The maximum absolute atomic E-state index is 15.7. The fraction of sp³-hybridized carbons (Fsp3) is 0.400. The van der Waals surface area contributed by atoms with E-state index in [9.17, 15) is 14.0 Å². The number of hydrogen-bond acceptors (Lipinski definition) is 5. The lowest BCUT2D eigenvalue weighted by molar-refractivity contribution is -0.125. The highest BCUT2D eigenvalue weighted by Gasteiger charge is 2.43. The molecule has 1 amide bonds. The van der Waals surface area contributed by atoms with E-state index in [0.717, 1.165) is 19.3 Å². The summed E-state index contributed by atoms with van der Waals surface area (Å²) >= 11 is 6.57. The molecule has 3 aromatic heterocycles. The molecule has 3 atom stereocenters. The zero-order valence-corrected chi connectivity index (χ0v) is 20.1. The first kappa shape index (κ1) is 23.0. The molecule has 11 heteroatoms. The number of benzene rings is 1. The SMILES string of the molecule is CC(CC(=O)C1CCC1)c1c(F)c(Cl)c(-c2cn3cc(NC(=O)[C@@H]4C[C@@H]4F)nc3cn2)c2cn[nH]c12. The lowest BCUT2D eigenvalue weighted by Gasteiger charge is -2.25. The standard InChI is InChI=1S/C25H23ClF2N6O2/c1-11(5-17(35)12-3-2-4-12)20-23(28)22(26)21(14-7-30-33-24(14)20)16-9-34-10-18(31-19(34)8-29-16)32-25(36)13-6-15(13)27/h7-13,15H,2-6H2,1H3,(H,30,33)(H,32,36)/t11?,13-,15+/m1/s1.